The number of benzene rings is 2. The quantitative estimate of drug-likeness (QED) is 0.556. The van der Waals surface area contributed by atoms with Crippen LogP contribution in [0.2, 0.25) is 0 Å². The summed E-state index contributed by atoms with van der Waals surface area (Å²) in [6.45, 7) is 11.2. The van der Waals surface area contributed by atoms with Crippen molar-refractivity contribution in [2.45, 2.75) is 46.5 Å². The van der Waals surface area contributed by atoms with Gasteiger partial charge in [-0.1, -0.05) is 89.3 Å². The summed E-state index contributed by atoms with van der Waals surface area (Å²) in [5.41, 5.74) is 2.90. The van der Waals surface area contributed by atoms with Gasteiger partial charge in [-0.15, -0.1) is 10.2 Å². The molecule has 0 aliphatic heterocycles. The van der Waals surface area contributed by atoms with Crippen molar-refractivity contribution in [2.24, 2.45) is 16.7 Å². The maximum Gasteiger partial charge on any atom is 0.113 e. The number of fused-ring (bicyclic) bond motifs is 1. The van der Waals surface area contributed by atoms with Crippen LogP contribution in [0.1, 0.15) is 46.6 Å². The Balaban J connectivity index is 1.93. The lowest BCUT2D eigenvalue weighted by molar-refractivity contribution is -0.308. The van der Waals surface area contributed by atoms with E-state index in [-0.39, 0.29) is 10.8 Å². The molecule has 0 saturated carbocycles. The molecule has 1 aliphatic carbocycles. The van der Waals surface area contributed by atoms with Crippen LogP contribution in [-0.4, -0.2) is 21.0 Å². The van der Waals surface area contributed by atoms with Gasteiger partial charge in [-0.25, -0.2) is 0 Å². The predicted molar refractivity (Wildman–Crippen MR) is 125 cm³/mol. The molecule has 0 bridgehead atoms. The van der Waals surface area contributed by atoms with Crippen molar-refractivity contribution in [2.75, 3.05) is 0 Å². The molecule has 4 rings (SSSR count). The van der Waals surface area contributed by atoms with Gasteiger partial charge in [-0.2, -0.15) is 4.80 Å². The maximum absolute atomic E-state index is 11.5. The fourth-order valence-electron chi connectivity index (χ4n) is 5.22. The first kappa shape index (κ1) is 22.0. The summed E-state index contributed by atoms with van der Waals surface area (Å²) in [6, 6.07) is 15.9. The number of carbonyl (C=O) groups excluding carboxylic acids is 1. The van der Waals surface area contributed by atoms with E-state index in [4.69, 9.17) is 10.2 Å². The Bertz CT molecular complexity index is 1160. The molecule has 0 radical (unpaired) electrons. The Labute approximate surface area is 189 Å². The van der Waals surface area contributed by atoms with E-state index in [2.05, 4.69) is 40.7 Å². The molecule has 3 aromatic rings. The van der Waals surface area contributed by atoms with Crippen LogP contribution in [-0.2, 0) is 10.2 Å². The van der Waals surface area contributed by atoms with E-state index in [9.17, 15) is 9.90 Å². The third kappa shape index (κ3) is 3.88. The second-order valence-electron chi connectivity index (χ2n) is 10.5. The molecule has 166 valence electrons. The highest BCUT2D eigenvalue weighted by atomic mass is 16.4. The van der Waals surface area contributed by atoms with E-state index in [0.29, 0.717) is 0 Å². The molecule has 0 fully saturated rings. The minimum atomic E-state index is -1.09. The zero-order valence-electron chi connectivity index (χ0n) is 19.4. The summed E-state index contributed by atoms with van der Waals surface area (Å²) in [6.07, 6.45) is 8.52. The van der Waals surface area contributed by atoms with Crippen LogP contribution in [0.5, 0.6) is 0 Å². The zero-order valence-corrected chi connectivity index (χ0v) is 19.4. The maximum atomic E-state index is 11.5. The number of carboxylic acid groups (broad SMARTS) is 1. The molecule has 5 heteroatoms. The van der Waals surface area contributed by atoms with E-state index in [1.807, 2.05) is 54.6 Å². The molecule has 2 aromatic carbocycles. The van der Waals surface area contributed by atoms with Crippen molar-refractivity contribution in [1.82, 2.24) is 15.0 Å². The summed E-state index contributed by atoms with van der Waals surface area (Å²) in [5, 5.41) is 21.0. The fraction of sp³-hybridized carbons (Fsp3) is 0.370. The highest BCUT2D eigenvalue weighted by Crippen LogP contribution is 2.53. The SMILES string of the molecule is CC(C)(C)CC(C)(C)C1(c2ccccc2-n2nc3ccccc3n2)C=CC(C(=O)[O-])C=C1. The normalized spacial score (nSPS) is 21.2. The van der Waals surface area contributed by atoms with Gasteiger partial charge in [0.1, 0.15) is 11.0 Å². The van der Waals surface area contributed by atoms with E-state index < -0.39 is 17.3 Å². The molecule has 0 atom stereocenters. The second-order valence-corrected chi connectivity index (χ2v) is 10.5. The highest BCUT2D eigenvalue weighted by Gasteiger charge is 2.47. The average molecular weight is 429 g/mol. The smallest absolute Gasteiger partial charge is 0.113 e. The first-order chi connectivity index (χ1) is 15.0. The lowest BCUT2D eigenvalue weighted by atomic mass is 9.55. The van der Waals surface area contributed by atoms with E-state index in [1.165, 1.54) is 0 Å². The van der Waals surface area contributed by atoms with Crippen molar-refractivity contribution in [3.63, 3.8) is 0 Å². The standard InChI is InChI=1S/C27H31N3O2/c1-25(2,3)18-26(4,5)27(16-14-19(15-17-27)24(31)32)20-10-6-9-13-23(20)30-28-21-11-7-8-12-22(21)29-30/h6-17,19H,18H2,1-5H3,(H,31,32)/p-1. The van der Waals surface area contributed by atoms with Gasteiger partial charge >= 0.3 is 0 Å². The summed E-state index contributed by atoms with van der Waals surface area (Å²) >= 11 is 0. The van der Waals surface area contributed by atoms with Gasteiger partial charge in [0.25, 0.3) is 0 Å². The summed E-state index contributed by atoms with van der Waals surface area (Å²) < 4.78 is 0. The van der Waals surface area contributed by atoms with Crippen molar-refractivity contribution in [3.8, 4) is 5.69 Å². The molecule has 1 heterocycles. The Morgan fingerprint density at radius 2 is 1.47 bits per heavy atom. The zero-order chi connectivity index (χ0) is 23.1. The highest BCUT2D eigenvalue weighted by molar-refractivity contribution is 5.74. The van der Waals surface area contributed by atoms with Gasteiger partial charge in [-0.3, -0.25) is 0 Å². The lowest BCUT2D eigenvalue weighted by Gasteiger charge is -2.48. The molecule has 0 saturated heterocycles. The van der Waals surface area contributed by atoms with Crippen LogP contribution in [0, 0.1) is 16.7 Å². The molecule has 0 amide bonds. The van der Waals surface area contributed by atoms with Crippen molar-refractivity contribution in [1.29, 1.82) is 0 Å². The number of hydrogen-bond donors (Lipinski definition) is 0. The van der Waals surface area contributed by atoms with Crippen LogP contribution >= 0.6 is 0 Å². The monoisotopic (exact) mass is 428 g/mol. The number of aromatic nitrogens is 3. The van der Waals surface area contributed by atoms with Crippen LogP contribution < -0.4 is 5.11 Å². The molecule has 0 N–H and O–H groups in total. The number of para-hydroxylation sites is 1. The molecule has 1 aliphatic rings. The van der Waals surface area contributed by atoms with Crippen molar-refractivity contribution in [3.05, 3.63) is 78.4 Å². The van der Waals surface area contributed by atoms with Crippen LogP contribution in [0.4, 0.5) is 0 Å². The number of hydrogen-bond acceptors (Lipinski definition) is 4. The molecular formula is C27H30N3O2-. The Hall–Kier alpha value is -3.21. The second kappa shape index (κ2) is 7.73. The third-order valence-corrected chi connectivity index (χ3v) is 6.35. The van der Waals surface area contributed by atoms with E-state index >= 15 is 0 Å². The molecular weight excluding hydrogens is 398 g/mol. The number of aliphatic carboxylic acids is 1. The Morgan fingerprint density at radius 3 is 2.00 bits per heavy atom. The van der Waals surface area contributed by atoms with Gasteiger partial charge in [0.05, 0.1) is 11.7 Å². The minimum Gasteiger partial charge on any atom is -0.549 e. The van der Waals surface area contributed by atoms with Crippen LogP contribution in [0.15, 0.2) is 72.8 Å². The number of allylic oxidation sites excluding steroid dienone is 2. The predicted octanol–water partition coefficient (Wildman–Crippen LogP) is 4.61. The number of carboxylic acids is 1. The first-order valence-electron chi connectivity index (χ1n) is 11.0. The summed E-state index contributed by atoms with van der Waals surface area (Å²) in [4.78, 5) is 13.2. The van der Waals surface area contributed by atoms with Gasteiger partial charge in [0.15, 0.2) is 0 Å². The van der Waals surface area contributed by atoms with E-state index in [0.717, 1.165) is 28.7 Å². The molecule has 5 nitrogen and oxygen atoms in total. The van der Waals surface area contributed by atoms with Gasteiger partial charge in [0, 0.05) is 11.3 Å². The number of carbonyl (C=O) groups is 1. The van der Waals surface area contributed by atoms with Crippen molar-refractivity contribution < 1.29 is 9.90 Å². The summed E-state index contributed by atoms with van der Waals surface area (Å²) in [5.74, 6) is -1.82. The Kier molecular flexibility index (Phi) is 5.32. The van der Waals surface area contributed by atoms with Crippen LogP contribution in [0.3, 0.4) is 0 Å². The minimum absolute atomic E-state index is 0.0803. The topological polar surface area (TPSA) is 70.8 Å². The fourth-order valence-corrected chi connectivity index (χ4v) is 5.22. The van der Waals surface area contributed by atoms with Gasteiger partial charge < -0.3 is 9.90 Å². The third-order valence-electron chi connectivity index (χ3n) is 6.35. The van der Waals surface area contributed by atoms with Crippen molar-refractivity contribution >= 4 is 17.0 Å². The first-order valence-corrected chi connectivity index (χ1v) is 11.0. The molecule has 32 heavy (non-hydrogen) atoms. The van der Waals surface area contributed by atoms with E-state index in [1.54, 1.807) is 16.9 Å². The molecule has 0 unspecified atom stereocenters. The number of nitrogens with zero attached hydrogens (tertiary/aromatic N) is 3. The Morgan fingerprint density at radius 1 is 0.938 bits per heavy atom. The average Bonchev–Trinajstić information content (AvgIpc) is 3.16. The molecule has 0 spiro atoms. The largest absolute Gasteiger partial charge is 0.549 e. The lowest BCUT2D eigenvalue weighted by Crippen LogP contribution is -2.44. The van der Waals surface area contributed by atoms with Gasteiger partial charge in [0.2, 0.25) is 0 Å². The van der Waals surface area contributed by atoms with Crippen LogP contribution in [0.25, 0.3) is 16.7 Å². The summed E-state index contributed by atoms with van der Waals surface area (Å²) in [7, 11) is 0. The van der Waals surface area contributed by atoms with Gasteiger partial charge in [-0.05, 0) is 41.0 Å². The number of rotatable bonds is 5. The molecule has 1 aromatic heterocycles.